The lowest BCUT2D eigenvalue weighted by Gasteiger charge is -2.54. The van der Waals surface area contributed by atoms with Gasteiger partial charge in [-0.15, -0.1) is 0 Å². The normalized spacial score (nSPS) is 44.9. The van der Waals surface area contributed by atoms with Gasteiger partial charge in [-0.1, -0.05) is 6.92 Å². The zero-order valence-corrected chi connectivity index (χ0v) is 10.8. The molecular formula is C15H24O2. The van der Waals surface area contributed by atoms with Crippen LogP contribution in [-0.2, 0) is 4.79 Å². The molecule has 4 aliphatic rings. The molecule has 0 aromatic carbocycles. The van der Waals surface area contributed by atoms with E-state index in [1.54, 1.807) is 0 Å². The second-order valence-corrected chi connectivity index (χ2v) is 6.91. The van der Waals surface area contributed by atoms with Crippen molar-refractivity contribution in [2.45, 2.75) is 51.9 Å². The molecule has 0 amide bonds. The molecule has 4 saturated carbocycles. The van der Waals surface area contributed by atoms with Gasteiger partial charge < -0.3 is 5.11 Å². The van der Waals surface area contributed by atoms with Crippen LogP contribution in [0.15, 0.2) is 0 Å². The van der Waals surface area contributed by atoms with Crippen molar-refractivity contribution in [2.75, 3.05) is 0 Å². The van der Waals surface area contributed by atoms with Crippen LogP contribution >= 0.6 is 0 Å². The molecular weight excluding hydrogens is 212 g/mol. The Morgan fingerprint density at radius 2 is 1.65 bits per heavy atom. The van der Waals surface area contributed by atoms with E-state index in [1.807, 2.05) is 6.92 Å². The Morgan fingerprint density at radius 1 is 1.12 bits per heavy atom. The van der Waals surface area contributed by atoms with E-state index in [1.165, 1.54) is 38.5 Å². The molecule has 2 heteroatoms. The first kappa shape index (κ1) is 11.6. The molecule has 0 aromatic heterocycles. The predicted molar refractivity (Wildman–Crippen MR) is 66.6 cm³/mol. The molecule has 0 radical (unpaired) electrons. The van der Waals surface area contributed by atoms with E-state index in [0.29, 0.717) is 0 Å². The molecule has 0 saturated heterocycles. The zero-order chi connectivity index (χ0) is 12.0. The third-order valence-electron chi connectivity index (χ3n) is 5.78. The summed E-state index contributed by atoms with van der Waals surface area (Å²) in [6.07, 6.45) is 9.40. The lowest BCUT2D eigenvalue weighted by molar-refractivity contribution is -0.141. The van der Waals surface area contributed by atoms with Crippen LogP contribution in [0.3, 0.4) is 0 Å². The molecule has 4 bridgehead atoms. The Bertz CT molecular complexity index is 282. The summed E-state index contributed by atoms with van der Waals surface area (Å²) in [4.78, 5) is 10.9. The molecule has 0 aliphatic heterocycles. The quantitative estimate of drug-likeness (QED) is 0.810. The van der Waals surface area contributed by atoms with Crippen molar-refractivity contribution in [3.8, 4) is 0 Å². The van der Waals surface area contributed by atoms with E-state index in [0.717, 1.165) is 36.0 Å². The number of aliphatic carboxylic acids is 1. The fraction of sp³-hybridized carbons (Fsp3) is 0.933. The summed E-state index contributed by atoms with van der Waals surface area (Å²) >= 11 is 0. The molecule has 0 spiro atoms. The fourth-order valence-electron chi connectivity index (χ4n) is 5.08. The summed E-state index contributed by atoms with van der Waals surface area (Å²) < 4.78 is 0. The fourth-order valence-corrected chi connectivity index (χ4v) is 5.08. The molecule has 96 valence electrons. The van der Waals surface area contributed by atoms with Gasteiger partial charge in [-0.25, -0.2) is 0 Å². The highest BCUT2D eigenvalue weighted by Crippen LogP contribution is 2.57. The van der Waals surface area contributed by atoms with Crippen LogP contribution in [0.25, 0.3) is 0 Å². The highest BCUT2D eigenvalue weighted by atomic mass is 16.4. The Morgan fingerprint density at radius 3 is 2.12 bits per heavy atom. The third-order valence-corrected chi connectivity index (χ3v) is 5.78. The first-order valence-corrected chi connectivity index (χ1v) is 7.36. The average molecular weight is 236 g/mol. The monoisotopic (exact) mass is 236 g/mol. The maximum absolute atomic E-state index is 10.9. The maximum Gasteiger partial charge on any atom is 0.306 e. The Kier molecular flexibility index (Phi) is 2.92. The first-order chi connectivity index (χ1) is 8.13. The molecule has 1 N–H and O–H groups in total. The maximum atomic E-state index is 10.9. The van der Waals surface area contributed by atoms with Crippen molar-refractivity contribution in [1.82, 2.24) is 0 Å². The highest BCUT2D eigenvalue weighted by molar-refractivity contribution is 5.69. The van der Waals surface area contributed by atoms with E-state index in [2.05, 4.69) is 0 Å². The zero-order valence-electron chi connectivity index (χ0n) is 10.8. The van der Waals surface area contributed by atoms with Crippen molar-refractivity contribution in [3.05, 3.63) is 0 Å². The van der Waals surface area contributed by atoms with Crippen LogP contribution in [0.5, 0.6) is 0 Å². The van der Waals surface area contributed by atoms with Crippen LogP contribution in [-0.4, -0.2) is 11.1 Å². The number of rotatable bonds is 4. The molecule has 4 rings (SSSR count). The van der Waals surface area contributed by atoms with Gasteiger partial charge in [0, 0.05) is 0 Å². The van der Waals surface area contributed by atoms with Gasteiger partial charge in [0.1, 0.15) is 0 Å². The van der Waals surface area contributed by atoms with Crippen LogP contribution in [0, 0.1) is 35.5 Å². The number of hydrogen-bond acceptors (Lipinski definition) is 1. The van der Waals surface area contributed by atoms with E-state index < -0.39 is 5.97 Å². The number of carboxylic acids is 1. The van der Waals surface area contributed by atoms with Gasteiger partial charge in [0.25, 0.3) is 0 Å². The molecule has 4 fully saturated rings. The van der Waals surface area contributed by atoms with Crippen molar-refractivity contribution in [3.63, 3.8) is 0 Å². The molecule has 2 nitrogen and oxygen atoms in total. The van der Waals surface area contributed by atoms with E-state index >= 15 is 0 Å². The van der Waals surface area contributed by atoms with Crippen LogP contribution in [0.2, 0.25) is 0 Å². The lowest BCUT2D eigenvalue weighted by atomic mass is 9.51. The van der Waals surface area contributed by atoms with Gasteiger partial charge in [-0.2, -0.15) is 0 Å². The van der Waals surface area contributed by atoms with E-state index in [4.69, 9.17) is 5.11 Å². The van der Waals surface area contributed by atoms with Crippen LogP contribution in [0.4, 0.5) is 0 Å². The number of carboxylic acid groups (broad SMARTS) is 1. The van der Waals surface area contributed by atoms with Crippen LogP contribution in [0.1, 0.15) is 51.9 Å². The van der Waals surface area contributed by atoms with Gasteiger partial charge in [0.2, 0.25) is 0 Å². The predicted octanol–water partition coefficient (Wildman–Crippen LogP) is 3.56. The first-order valence-electron chi connectivity index (χ1n) is 7.36. The van der Waals surface area contributed by atoms with Gasteiger partial charge in [0.15, 0.2) is 0 Å². The lowest BCUT2D eigenvalue weighted by Crippen LogP contribution is -2.45. The molecule has 4 aliphatic carbocycles. The average Bonchev–Trinajstić information content (AvgIpc) is 2.26. The largest absolute Gasteiger partial charge is 0.481 e. The summed E-state index contributed by atoms with van der Waals surface area (Å²) in [6.45, 7) is 1.86. The molecule has 1 atom stereocenters. The summed E-state index contributed by atoms with van der Waals surface area (Å²) in [5.41, 5.74) is 0. The van der Waals surface area contributed by atoms with Crippen LogP contribution < -0.4 is 0 Å². The Balaban J connectivity index is 1.59. The minimum Gasteiger partial charge on any atom is -0.481 e. The van der Waals surface area contributed by atoms with Crippen molar-refractivity contribution in [2.24, 2.45) is 35.5 Å². The second-order valence-electron chi connectivity index (χ2n) is 6.91. The van der Waals surface area contributed by atoms with Crippen molar-refractivity contribution >= 4 is 5.97 Å². The molecule has 1 unspecified atom stereocenters. The molecule has 0 aromatic rings. The minimum absolute atomic E-state index is 0.146. The van der Waals surface area contributed by atoms with Crippen molar-refractivity contribution in [1.29, 1.82) is 0 Å². The van der Waals surface area contributed by atoms with Crippen molar-refractivity contribution < 1.29 is 9.90 Å². The van der Waals surface area contributed by atoms with Gasteiger partial charge in [-0.3, -0.25) is 4.79 Å². The second kappa shape index (κ2) is 4.29. The standard InChI is InChI=1S/C15H24O2/c1-9(15(16)17)2-3-14-12-5-10-4-11(7-12)8-13(14)6-10/h9-14H,2-8H2,1H3,(H,16,17). The van der Waals surface area contributed by atoms with Gasteiger partial charge in [-0.05, 0) is 74.5 Å². The molecule has 0 heterocycles. The summed E-state index contributed by atoms with van der Waals surface area (Å²) in [7, 11) is 0. The number of hydrogen-bond donors (Lipinski definition) is 1. The Hall–Kier alpha value is -0.530. The summed E-state index contributed by atoms with van der Waals surface area (Å²) in [5.74, 6) is 4.07. The smallest absolute Gasteiger partial charge is 0.306 e. The van der Waals surface area contributed by atoms with Gasteiger partial charge in [0.05, 0.1) is 5.92 Å². The SMILES string of the molecule is CC(CCC1C2CC3CC(C2)CC1C3)C(=O)O. The van der Waals surface area contributed by atoms with E-state index in [-0.39, 0.29) is 5.92 Å². The summed E-state index contributed by atoms with van der Waals surface area (Å²) in [5, 5.41) is 8.96. The summed E-state index contributed by atoms with van der Waals surface area (Å²) in [6, 6.07) is 0. The topological polar surface area (TPSA) is 37.3 Å². The van der Waals surface area contributed by atoms with Gasteiger partial charge >= 0.3 is 5.97 Å². The highest BCUT2D eigenvalue weighted by Gasteiger charge is 2.47. The van der Waals surface area contributed by atoms with E-state index in [9.17, 15) is 4.79 Å². The number of carbonyl (C=O) groups is 1. The third kappa shape index (κ3) is 2.11. The minimum atomic E-state index is -0.617. The molecule has 17 heavy (non-hydrogen) atoms. The Labute approximate surface area is 104 Å².